The number of halogens is 1. The molecular weight excluding hydrogens is 202 g/mol. The van der Waals surface area contributed by atoms with Gasteiger partial charge in [0.25, 0.3) is 0 Å². The molecule has 0 spiro atoms. The highest BCUT2D eigenvalue weighted by Crippen LogP contribution is 2.38. The molecule has 0 atom stereocenters. The summed E-state index contributed by atoms with van der Waals surface area (Å²) in [6, 6.07) is 1.57. The van der Waals surface area contributed by atoms with Crippen LogP contribution in [0.3, 0.4) is 0 Å². The quantitative estimate of drug-likeness (QED) is 0.572. The molecule has 1 aliphatic heterocycles. The minimum atomic E-state index is -0.0509. The van der Waals surface area contributed by atoms with E-state index in [9.17, 15) is 4.79 Å². The topological polar surface area (TPSA) is 52.3 Å². The predicted octanol–water partition coefficient (Wildman–Crippen LogP) is 2.06. The van der Waals surface area contributed by atoms with Gasteiger partial charge in [-0.15, -0.1) is 0 Å². The van der Waals surface area contributed by atoms with E-state index < -0.39 is 0 Å². The fourth-order valence-corrected chi connectivity index (χ4v) is 1.85. The molecule has 0 unspecified atom stereocenters. The fraction of sp³-hybridized carbons (Fsp3) is 0.300. The van der Waals surface area contributed by atoms with Gasteiger partial charge in [0.15, 0.2) is 5.78 Å². The number of anilines is 1. The molecular formula is C10H10ClNO2. The standard InChI is InChI=1S/C10H10ClNO2/c1-5(13)7-4-8(11)9(12)6-2-3-14-10(6)7/h4H,2-3,12H2,1H3. The lowest BCUT2D eigenvalue weighted by Crippen LogP contribution is -2.00. The lowest BCUT2D eigenvalue weighted by atomic mass is 10.0. The number of Topliss-reactive ketones (excluding diaryl/α,β-unsaturated/α-hetero) is 1. The van der Waals surface area contributed by atoms with E-state index in [1.165, 1.54) is 6.92 Å². The Morgan fingerprint density at radius 2 is 2.36 bits per heavy atom. The van der Waals surface area contributed by atoms with Crippen molar-refractivity contribution >= 4 is 23.1 Å². The minimum Gasteiger partial charge on any atom is -0.492 e. The smallest absolute Gasteiger partial charge is 0.163 e. The van der Waals surface area contributed by atoms with Gasteiger partial charge in [0.1, 0.15) is 5.75 Å². The molecule has 0 saturated heterocycles. The number of fused-ring (bicyclic) bond motifs is 1. The van der Waals surface area contributed by atoms with E-state index in [2.05, 4.69) is 0 Å². The number of rotatable bonds is 1. The number of carbonyl (C=O) groups is 1. The van der Waals surface area contributed by atoms with Crippen LogP contribution < -0.4 is 10.5 Å². The van der Waals surface area contributed by atoms with Crippen LogP contribution in [0.4, 0.5) is 5.69 Å². The zero-order valence-corrected chi connectivity index (χ0v) is 8.52. The molecule has 3 nitrogen and oxygen atoms in total. The van der Waals surface area contributed by atoms with Crippen molar-refractivity contribution in [1.82, 2.24) is 0 Å². The Morgan fingerprint density at radius 3 is 3.00 bits per heavy atom. The third-order valence-electron chi connectivity index (χ3n) is 2.35. The fourth-order valence-electron chi connectivity index (χ4n) is 1.63. The number of ether oxygens (including phenoxy) is 1. The van der Waals surface area contributed by atoms with Crippen LogP contribution in [0, 0.1) is 0 Å². The number of carbonyl (C=O) groups excluding carboxylic acids is 1. The number of hydrogen-bond donors (Lipinski definition) is 1. The van der Waals surface area contributed by atoms with Gasteiger partial charge in [-0.3, -0.25) is 4.79 Å². The summed E-state index contributed by atoms with van der Waals surface area (Å²) in [5.74, 6) is 0.560. The van der Waals surface area contributed by atoms with Gasteiger partial charge < -0.3 is 10.5 Å². The molecule has 0 amide bonds. The molecule has 1 aromatic carbocycles. The molecule has 0 aliphatic carbocycles. The van der Waals surface area contributed by atoms with Gasteiger partial charge in [-0.1, -0.05) is 11.6 Å². The molecule has 74 valence electrons. The van der Waals surface area contributed by atoms with Crippen LogP contribution in [0.2, 0.25) is 5.02 Å². The molecule has 4 heteroatoms. The maximum Gasteiger partial charge on any atom is 0.163 e. The van der Waals surface area contributed by atoms with Crippen LogP contribution in [-0.4, -0.2) is 12.4 Å². The van der Waals surface area contributed by atoms with E-state index in [-0.39, 0.29) is 5.78 Å². The van der Waals surface area contributed by atoms with Gasteiger partial charge >= 0.3 is 0 Å². The molecule has 1 aliphatic rings. The molecule has 0 bridgehead atoms. The largest absolute Gasteiger partial charge is 0.492 e. The van der Waals surface area contributed by atoms with Crippen molar-refractivity contribution in [2.75, 3.05) is 12.3 Å². The van der Waals surface area contributed by atoms with Gasteiger partial charge in [0.2, 0.25) is 0 Å². The Hall–Kier alpha value is -1.22. The Morgan fingerprint density at radius 1 is 1.64 bits per heavy atom. The number of benzene rings is 1. The van der Waals surface area contributed by atoms with Crippen LogP contribution in [0.25, 0.3) is 0 Å². The maximum atomic E-state index is 11.3. The van der Waals surface area contributed by atoms with E-state index in [4.69, 9.17) is 22.1 Å². The lowest BCUT2D eigenvalue weighted by Gasteiger charge is -2.08. The monoisotopic (exact) mass is 211 g/mol. The van der Waals surface area contributed by atoms with Gasteiger partial charge in [0.05, 0.1) is 22.9 Å². The molecule has 1 aromatic rings. The molecule has 2 rings (SSSR count). The van der Waals surface area contributed by atoms with Crippen LogP contribution in [-0.2, 0) is 6.42 Å². The van der Waals surface area contributed by atoms with E-state index in [0.29, 0.717) is 28.6 Å². The van der Waals surface area contributed by atoms with Crippen molar-refractivity contribution in [3.8, 4) is 5.75 Å². The molecule has 1 heterocycles. The van der Waals surface area contributed by atoms with E-state index >= 15 is 0 Å². The first kappa shape index (κ1) is 9.34. The highest BCUT2D eigenvalue weighted by atomic mass is 35.5. The van der Waals surface area contributed by atoms with Gasteiger partial charge in [-0.05, 0) is 13.0 Å². The highest BCUT2D eigenvalue weighted by Gasteiger charge is 2.23. The average molecular weight is 212 g/mol. The molecule has 0 radical (unpaired) electrons. The number of ketones is 1. The van der Waals surface area contributed by atoms with Crippen molar-refractivity contribution in [3.63, 3.8) is 0 Å². The normalized spacial score (nSPS) is 13.6. The van der Waals surface area contributed by atoms with Crippen molar-refractivity contribution in [1.29, 1.82) is 0 Å². The Labute approximate surface area is 86.8 Å². The number of hydrogen-bond acceptors (Lipinski definition) is 3. The summed E-state index contributed by atoms with van der Waals surface area (Å²) in [7, 11) is 0. The SMILES string of the molecule is CC(=O)c1cc(Cl)c(N)c2c1OCC2. The molecule has 0 fully saturated rings. The first-order valence-electron chi connectivity index (χ1n) is 4.36. The lowest BCUT2D eigenvalue weighted by molar-refractivity contribution is 0.101. The second kappa shape index (κ2) is 3.17. The molecule has 14 heavy (non-hydrogen) atoms. The summed E-state index contributed by atoms with van der Waals surface area (Å²) in [6.07, 6.45) is 0.724. The van der Waals surface area contributed by atoms with Gasteiger partial charge in [-0.2, -0.15) is 0 Å². The average Bonchev–Trinajstić information content (AvgIpc) is 2.59. The molecule has 0 aromatic heterocycles. The third kappa shape index (κ3) is 1.24. The van der Waals surface area contributed by atoms with Crippen molar-refractivity contribution < 1.29 is 9.53 Å². The predicted molar refractivity (Wildman–Crippen MR) is 55.1 cm³/mol. The van der Waals surface area contributed by atoms with Crippen molar-refractivity contribution in [2.45, 2.75) is 13.3 Å². The highest BCUT2D eigenvalue weighted by molar-refractivity contribution is 6.33. The van der Waals surface area contributed by atoms with Crippen LogP contribution >= 0.6 is 11.6 Å². The summed E-state index contributed by atoms with van der Waals surface area (Å²) in [4.78, 5) is 11.3. The van der Waals surface area contributed by atoms with E-state index in [1.54, 1.807) is 6.07 Å². The van der Waals surface area contributed by atoms with Crippen molar-refractivity contribution in [2.24, 2.45) is 0 Å². The Balaban J connectivity index is 2.70. The maximum absolute atomic E-state index is 11.3. The first-order valence-corrected chi connectivity index (χ1v) is 4.73. The molecule has 0 saturated carbocycles. The zero-order chi connectivity index (χ0) is 10.3. The zero-order valence-electron chi connectivity index (χ0n) is 7.76. The second-order valence-corrected chi connectivity index (χ2v) is 3.69. The summed E-state index contributed by atoms with van der Waals surface area (Å²) >= 11 is 5.91. The number of nitrogen functional groups attached to an aromatic ring is 1. The van der Waals surface area contributed by atoms with Gasteiger partial charge in [-0.25, -0.2) is 0 Å². The summed E-state index contributed by atoms with van der Waals surface area (Å²) in [6.45, 7) is 2.06. The Kier molecular flexibility index (Phi) is 2.11. The third-order valence-corrected chi connectivity index (χ3v) is 2.66. The van der Waals surface area contributed by atoms with E-state index in [1.807, 2.05) is 0 Å². The Bertz CT molecular complexity index is 415. The second-order valence-electron chi connectivity index (χ2n) is 3.28. The first-order chi connectivity index (χ1) is 6.61. The minimum absolute atomic E-state index is 0.0509. The van der Waals surface area contributed by atoms with Crippen molar-refractivity contribution in [3.05, 3.63) is 22.2 Å². The van der Waals surface area contributed by atoms with Crippen LogP contribution in [0.1, 0.15) is 22.8 Å². The van der Waals surface area contributed by atoms with Gasteiger partial charge in [0, 0.05) is 12.0 Å². The van der Waals surface area contributed by atoms with E-state index in [0.717, 1.165) is 12.0 Å². The summed E-state index contributed by atoms with van der Waals surface area (Å²) < 4.78 is 5.37. The summed E-state index contributed by atoms with van der Waals surface area (Å²) in [5.41, 5.74) is 7.70. The summed E-state index contributed by atoms with van der Waals surface area (Å²) in [5, 5.41) is 0.430. The number of nitrogens with two attached hydrogens (primary N) is 1. The van der Waals surface area contributed by atoms with Crippen LogP contribution in [0.5, 0.6) is 5.75 Å². The molecule has 2 N–H and O–H groups in total. The van der Waals surface area contributed by atoms with Crippen LogP contribution in [0.15, 0.2) is 6.07 Å².